The fraction of sp³-hybridized carbons (Fsp3) is 0.556. The van der Waals surface area contributed by atoms with Gasteiger partial charge >= 0.3 is 6.03 Å². The summed E-state index contributed by atoms with van der Waals surface area (Å²) in [5.74, 6) is 0.368. The molecule has 0 aromatic carbocycles. The first kappa shape index (κ1) is 18.9. The van der Waals surface area contributed by atoms with E-state index in [0.29, 0.717) is 13.1 Å². The maximum atomic E-state index is 12.5. The number of likely N-dealkylation sites (tertiary alicyclic amines) is 1. The molecule has 0 saturated carbocycles. The summed E-state index contributed by atoms with van der Waals surface area (Å²) in [6.45, 7) is 1.29. The number of hydrogen-bond donors (Lipinski definition) is 3. The molecule has 3 N–H and O–H groups in total. The summed E-state index contributed by atoms with van der Waals surface area (Å²) in [7, 11) is 3.90. The van der Waals surface area contributed by atoms with Crippen molar-refractivity contribution < 1.29 is 14.4 Å². The van der Waals surface area contributed by atoms with Crippen molar-refractivity contribution in [2.75, 3.05) is 37.4 Å². The van der Waals surface area contributed by atoms with E-state index in [2.05, 4.69) is 20.9 Å². The predicted molar refractivity (Wildman–Crippen MR) is 101 cm³/mol. The highest BCUT2D eigenvalue weighted by molar-refractivity contribution is 6.05. The Labute approximate surface area is 158 Å². The van der Waals surface area contributed by atoms with Crippen LogP contribution in [0.15, 0.2) is 18.3 Å². The molecule has 2 aliphatic rings. The van der Waals surface area contributed by atoms with Crippen LogP contribution in [0.3, 0.4) is 0 Å². The number of anilines is 2. The van der Waals surface area contributed by atoms with Gasteiger partial charge < -0.3 is 20.4 Å². The molecule has 1 aromatic heterocycles. The number of nitrogens with one attached hydrogen (secondary N) is 3. The normalized spacial score (nSPS) is 22.7. The molecular formula is C18H26N6O3. The molecule has 0 bridgehead atoms. The van der Waals surface area contributed by atoms with Crippen LogP contribution in [0.2, 0.25) is 0 Å². The number of carbonyl (C=O) groups is 3. The van der Waals surface area contributed by atoms with E-state index in [-0.39, 0.29) is 18.4 Å². The fourth-order valence-corrected chi connectivity index (χ4v) is 3.37. The number of carbonyl (C=O) groups excluding carboxylic acids is 3. The van der Waals surface area contributed by atoms with E-state index >= 15 is 0 Å². The minimum Gasteiger partial charge on any atom is -0.381 e. The summed E-state index contributed by atoms with van der Waals surface area (Å²) >= 11 is 0. The molecule has 2 fully saturated rings. The maximum absolute atomic E-state index is 12.5. The van der Waals surface area contributed by atoms with Crippen LogP contribution >= 0.6 is 0 Å². The van der Waals surface area contributed by atoms with E-state index in [4.69, 9.17) is 0 Å². The van der Waals surface area contributed by atoms with E-state index in [9.17, 15) is 14.4 Å². The topological polar surface area (TPSA) is 107 Å². The van der Waals surface area contributed by atoms with Crippen LogP contribution < -0.4 is 20.9 Å². The Kier molecular flexibility index (Phi) is 5.78. The second kappa shape index (κ2) is 8.24. The third kappa shape index (κ3) is 4.87. The lowest BCUT2D eigenvalue weighted by Gasteiger charge is -2.22. The van der Waals surface area contributed by atoms with Crippen LogP contribution in [0.4, 0.5) is 16.3 Å². The first-order valence-electron chi connectivity index (χ1n) is 9.21. The minimum atomic E-state index is -0.761. The van der Waals surface area contributed by atoms with E-state index < -0.39 is 18.0 Å². The molecule has 2 aliphatic heterocycles. The Morgan fingerprint density at radius 3 is 2.74 bits per heavy atom. The molecule has 0 radical (unpaired) electrons. The number of aromatic nitrogens is 1. The maximum Gasteiger partial charge on any atom is 0.322 e. The average molecular weight is 374 g/mol. The van der Waals surface area contributed by atoms with Crippen molar-refractivity contribution in [2.45, 2.75) is 37.8 Å². The van der Waals surface area contributed by atoms with Crippen molar-refractivity contribution in [3.8, 4) is 0 Å². The number of nitrogens with zero attached hydrogens (tertiary/aromatic N) is 3. The highest BCUT2D eigenvalue weighted by Gasteiger charge is 2.33. The molecule has 3 rings (SSSR count). The highest BCUT2D eigenvalue weighted by Crippen LogP contribution is 2.19. The van der Waals surface area contributed by atoms with Crippen LogP contribution in [-0.4, -0.2) is 67.0 Å². The summed E-state index contributed by atoms with van der Waals surface area (Å²) in [4.78, 5) is 43.4. The number of amides is 4. The third-order valence-corrected chi connectivity index (χ3v) is 4.89. The van der Waals surface area contributed by atoms with Gasteiger partial charge in [0.05, 0.1) is 18.3 Å². The number of imide groups is 1. The van der Waals surface area contributed by atoms with Crippen molar-refractivity contribution in [3.05, 3.63) is 18.3 Å². The molecule has 2 saturated heterocycles. The van der Waals surface area contributed by atoms with Gasteiger partial charge in [-0.1, -0.05) is 0 Å². The van der Waals surface area contributed by atoms with Crippen LogP contribution in [0.5, 0.6) is 0 Å². The fourth-order valence-electron chi connectivity index (χ4n) is 3.37. The SMILES string of the molecule is CN(C)c1ccc(NC2CCCN(C(=O)C[C@@H]3NC(=O)NC3=O)CC2)cn1. The minimum absolute atomic E-state index is 0.00554. The standard InChI is InChI=1S/C18H26N6O3/c1-23(2)15-6-5-13(11-19-15)20-12-4-3-8-24(9-7-12)16(25)10-14-17(26)22-18(27)21-14/h5-6,11-12,14,20H,3-4,7-10H2,1-2H3,(H2,21,22,26,27)/t12?,14-/m0/s1. The Bertz CT molecular complexity index is 706. The number of urea groups is 1. The molecule has 27 heavy (non-hydrogen) atoms. The molecule has 3 heterocycles. The number of pyridine rings is 1. The molecule has 4 amide bonds. The van der Waals surface area contributed by atoms with Gasteiger partial charge in [-0.05, 0) is 31.4 Å². The zero-order valence-electron chi connectivity index (χ0n) is 15.7. The van der Waals surface area contributed by atoms with Crippen LogP contribution in [0, 0.1) is 0 Å². The first-order chi connectivity index (χ1) is 12.9. The van der Waals surface area contributed by atoms with Crippen molar-refractivity contribution in [1.82, 2.24) is 20.5 Å². The Morgan fingerprint density at radius 2 is 2.11 bits per heavy atom. The quantitative estimate of drug-likeness (QED) is 0.650. The zero-order chi connectivity index (χ0) is 19.4. The second-order valence-electron chi connectivity index (χ2n) is 7.17. The van der Waals surface area contributed by atoms with Gasteiger partial charge in [-0.3, -0.25) is 14.9 Å². The lowest BCUT2D eigenvalue weighted by atomic mass is 10.1. The van der Waals surface area contributed by atoms with Gasteiger partial charge in [-0.15, -0.1) is 0 Å². The molecule has 9 nitrogen and oxygen atoms in total. The second-order valence-corrected chi connectivity index (χ2v) is 7.17. The molecule has 2 atom stereocenters. The van der Waals surface area contributed by atoms with Crippen LogP contribution in [-0.2, 0) is 9.59 Å². The molecule has 1 unspecified atom stereocenters. The molecular weight excluding hydrogens is 348 g/mol. The largest absolute Gasteiger partial charge is 0.381 e. The van der Waals surface area contributed by atoms with Gasteiger partial charge in [0.25, 0.3) is 5.91 Å². The van der Waals surface area contributed by atoms with E-state index in [1.54, 1.807) is 4.90 Å². The van der Waals surface area contributed by atoms with Crippen LogP contribution in [0.1, 0.15) is 25.7 Å². The summed E-state index contributed by atoms with van der Waals surface area (Å²) in [5, 5.41) is 8.12. The Morgan fingerprint density at radius 1 is 1.30 bits per heavy atom. The van der Waals surface area contributed by atoms with E-state index in [1.165, 1.54) is 0 Å². The zero-order valence-corrected chi connectivity index (χ0v) is 15.7. The van der Waals surface area contributed by atoms with Gasteiger partial charge in [0, 0.05) is 33.2 Å². The van der Waals surface area contributed by atoms with E-state index in [0.717, 1.165) is 30.8 Å². The van der Waals surface area contributed by atoms with Gasteiger partial charge in [0.2, 0.25) is 5.91 Å². The smallest absolute Gasteiger partial charge is 0.322 e. The molecule has 0 spiro atoms. The van der Waals surface area contributed by atoms with Crippen molar-refractivity contribution in [2.24, 2.45) is 0 Å². The van der Waals surface area contributed by atoms with Crippen molar-refractivity contribution >= 4 is 29.4 Å². The van der Waals surface area contributed by atoms with Crippen molar-refractivity contribution in [3.63, 3.8) is 0 Å². The van der Waals surface area contributed by atoms with E-state index in [1.807, 2.05) is 37.3 Å². The molecule has 1 aromatic rings. The molecule has 0 aliphatic carbocycles. The first-order valence-corrected chi connectivity index (χ1v) is 9.21. The van der Waals surface area contributed by atoms with Gasteiger partial charge in [-0.2, -0.15) is 0 Å². The lowest BCUT2D eigenvalue weighted by molar-refractivity contribution is -0.133. The lowest BCUT2D eigenvalue weighted by Crippen LogP contribution is -2.39. The summed E-state index contributed by atoms with van der Waals surface area (Å²) in [6, 6.07) is 2.95. The highest BCUT2D eigenvalue weighted by atomic mass is 16.2. The summed E-state index contributed by atoms with van der Waals surface area (Å²) in [5.41, 5.74) is 0.968. The number of hydrogen-bond acceptors (Lipinski definition) is 6. The van der Waals surface area contributed by atoms with Crippen molar-refractivity contribution in [1.29, 1.82) is 0 Å². The number of rotatable bonds is 5. The van der Waals surface area contributed by atoms with Gasteiger partial charge in [0.15, 0.2) is 0 Å². The molecule has 9 heteroatoms. The Balaban J connectivity index is 1.50. The Hall–Kier alpha value is -2.84. The third-order valence-electron chi connectivity index (χ3n) is 4.89. The molecule has 146 valence electrons. The predicted octanol–water partition coefficient (Wildman–Crippen LogP) is 0.539. The summed E-state index contributed by atoms with van der Waals surface area (Å²) in [6.07, 6.45) is 4.50. The summed E-state index contributed by atoms with van der Waals surface area (Å²) < 4.78 is 0. The van der Waals surface area contributed by atoms with Crippen LogP contribution in [0.25, 0.3) is 0 Å². The van der Waals surface area contributed by atoms with Gasteiger partial charge in [-0.25, -0.2) is 9.78 Å². The average Bonchev–Trinajstić information content (AvgIpc) is 2.82. The monoisotopic (exact) mass is 374 g/mol. The van der Waals surface area contributed by atoms with Gasteiger partial charge in [0.1, 0.15) is 11.9 Å².